The molecule has 0 saturated carbocycles. The zero-order valence-corrected chi connectivity index (χ0v) is 46.3. The maximum absolute atomic E-state index is 13.7. The SMILES string of the molecule is C/C1=C/CCC(C)C(O)CC(O)C(C)C(O)CCC(C)C(O)CC2(O)OC(CC(OC(=O)CC(=O)O)CC(O)CC(O)CC(O)C(C)C(O)/C=C/C(C)C(C(C)CCCCCCCCN=C(N)N)OC1=O)CC(O)C2O. The molecule has 0 aromatic carbocycles. The first-order chi connectivity index (χ1) is 35.5. The molecule has 2 aliphatic rings. The number of hydrogen-bond acceptors (Lipinski definition) is 18. The lowest BCUT2D eigenvalue weighted by Gasteiger charge is -2.45. The smallest absolute Gasteiger partial charge is 0.333 e. The number of rotatable bonds is 13. The van der Waals surface area contributed by atoms with Crippen LogP contribution >= 0.6 is 0 Å². The minimum atomic E-state index is -2.53. The molecule has 0 aromatic rings. The number of carbonyl (C=O) groups is 3. The van der Waals surface area contributed by atoms with Crippen molar-refractivity contribution in [3.05, 3.63) is 23.8 Å². The van der Waals surface area contributed by atoms with Crippen molar-refractivity contribution in [2.75, 3.05) is 6.54 Å². The molecule has 1 saturated heterocycles. The van der Waals surface area contributed by atoms with Crippen molar-refractivity contribution in [1.82, 2.24) is 0 Å². The molecule has 0 spiro atoms. The van der Waals surface area contributed by atoms with Gasteiger partial charge in [0.2, 0.25) is 0 Å². The third-order valence-electron chi connectivity index (χ3n) is 15.7. The van der Waals surface area contributed by atoms with Gasteiger partial charge in [-0.25, -0.2) is 4.79 Å². The largest absolute Gasteiger partial charge is 0.481 e. The molecule has 2 rings (SSSR count). The van der Waals surface area contributed by atoms with Gasteiger partial charge in [-0.1, -0.05) is 91.9 Å². The van der Waals surface area contributed by atoms with E-state index >= 15 is 0 Å². The van der Waals surface area contributed by atoms with Crippen LogP contribution in [0.25, 0.3) is 0 Å². The van der Waals surface area contributed by atoms with E-state index in [0.29, 0.717) is 25.0 Å². The number of fused-ring (bicyclic) bond motifs is 2. The number of esters is 2. The molecule has 2 heterocycles. The van der Waals surface area contributed by atoms with Crippen LogP contribution in [-0.4, -0.2) is 177 Å². The van der Waals surface area contributed by atoms with Gasteiger partial charge in [0.25, 0.3) is 0 Å². The Bertz CT molecular complexity index is 1790. The number of nitrogens with two attached hydrogens (primary N) is 2. The van der Waals surface area contributed by atoms with Crippen molar-refractivity contribution in [3.63, 3.8) is 0 Å². The first-order valence-electron chi connectivity index (χ1n) is 27.8. The quantitative estimate of drug-likeness (QED) is 0.0315. The lowest BCUT2D eigenvalue weighted by Crippen LogP contribution is -2.60. The Balaban J connectivity index is 2.41. The third kappa shape index (κ3) is 25.2. The zero-order chi connectivity index (χ0) is 57.4. The number of carboxylic acids is 1. The van der Waals surface area contributed by atoms with E-state index in [0.717, 1.165) is 44.9 Å². The number of allylic oxidation sites excluding steroid dienone is 1. The number of guanidine groups is 1. The van der Waals surface area contributed by atoms with Crippen LogP contribution in [0.1, 0.15) is 170 Å². The zero-order valence-electron chi connectivity index (χ0n) is 46.3. The molecule has 0 amide bonds. The monoisotopic (exact) mass is 1090 g/mol. The van der Waals surface area contributed by atoms with Gasteiger partial charge >= 0.3 is 17.9 Å². The molecular formula is C55H99N3O18. The van der Waals surface area contributed by atoms with Crippen LogP contribution in [-0.2, 0) is 28.6 Å². The number of carbonyl (C=O) groups excluding carboxylic acids is 2. The van der Waals surface area contributed by atoms with Gasteiger partial charge in [0, 0.05) is 55.6 Å². The van der Waals surface area contributed by atoms with E-state index in [1.54, 1.807) is 39.8 Å². The van der Waals surface area contributed by atoms with E-state index in [1.807, 2.05) is 20.8 Å². The van der Waals surface area contributed by atoms with Crippen molar-refractivity contribution < 1.29 is 89.9 Å². The first-order valence-corrected chi connectivity index (χ1v) is 27.8. The van der Waals surface area contributed by atoms with Crippen LogP contribution in [0.2, 0.25) is 0 Å². The summed E-state index contributed by atoms with van der Waals surface area (Å²) in [6, 6.07) is 0. The molecule has 442 valence electrons. The number of nitrogens with zero attached hydrogens (tertiary/aromatic N) is 1. The van der Waals surface area contributed by atoms with Gasteiger partial charge < -0.3 is 87.0 Å². The van der Waals surface area contributed by atoms with Gasteiger partial charge in [0.05, 0.1) is 61.0 Å². The number of aliphatic imine (C=N–C) groups is 1. The maximum Gasteiger partial charge on any atom is 0.333 e. The number of unbranched alkanes of at least 4 members (excludes halogenated alkanes) is 5. The molecule has 2 bridgehead atoms. The summed E-state index contributed by atoms with van der Waals surface area (Å²) in [6.45, 7) is 12.8. The van der Waals surface area contributed by atoms with E-state index in [-0.39, 0.29) is 75.1 Å². The summed E-state index contributed by atoms with van der Waals surface area (Å²) in [4.78, 5) is 41.6. The van der Waals surface area contributed by atoms with Crippen LogP contribution in [0, 0.1) is 35.5 Å². The summed E-state index contributed by atoms with van der Waals surface area (Å²) in [6.07, 6.45) is -6.89. The fraction of sp³-hybridized carbons (Fsp3) is 0.855. The Morgan fingerprint density at radius 2 is 1.33 bits per heavy atom. The van der Waals surface area contributed by atoms with Crippen LogP contribution in [0.5, 0.6) is 0 Å². The Labute approximate surface area is 450 Å². The minimum absolute atomic E-state index is 0.0363. The molecule has 21 nitrogen and oxygen atoms in total. The average molecular weight is 1090 g/mol. The second kappa shape index (κ2) is 34.6. The fourth-order valence-electron chi connectivity index (χ4n) is 10.2. The standard InChI is InChI=1S/C55H99N3O18/c1-31-16-14-17-35(5)53(72)75-51(33(3)15-12-10-8-9-11-13-22-58-54(56)57)34(4)19-21-43(62)36(6)45(64)25-39(60)23-38(59)24-40(74-50(70)29-49(68)69)26-41-27-47(66)52(71)55(73,76-41)30-48(67)32(2)18-20-42(61)37(7)46(65)28-44(31)63/h17,19,21,31-34,36-48,51-52,59-67,71,73H,8-16,18,20,22-30H2,1-7H3,(H,68,69)(H4,56,57,58)/b21-19+,35-17-. The van der Waals surface area contributed by atoms with Crippen molar-refractivity contribution in [2.24, 2.45) is 52.0 Å². The van der Waals surface area contributed by atoms with E-state index in [1.165, 1.54) is 6.08 Å². The lowest BCUT2D eigenvalue weighted by molar-refractivity contribution is -0.333. The average Bonchev–Trinajstić information content (AvgIpc) is 3.33. The summed E-state index contributed by atoms with van der Waals surface area (Å²) in [5, 5.41) is 132. The number of aliphatic carboxylic acids is 1. The van der Waals surface area contributed by atoms with E-state index in [4.69, 9.17) is 25.7 Å². The van der Waals surface area contributed by atoms with Gasteiger partial charge in [-0.05, 0) is 82.5 Å². The summed E-state index contributed by atoms with van der Waals surface area (Å²) in [5.41, 5.74) is 11.2. The number of hydrogen-bond donors (Lipinski definition) is 14. The van der Waals surface area contributed by atoms with Gasteiger partial charge in [-0.15, -0.1) is 0 Å². The summed E-state index contributed by atoms with van der Waals surface area (Å²) < 4.78 is 17.5. The van der Waals surface area contributed by atoms with Crippen LogP contribution in [0.3, 0.4) is 0 Å². The molecule has 0 aromatic heterocycles. The van der Waals surface area contributed by atoms with Gasteiger partial charge in [0.15, 0.2) is 11.7 Å². The molecular weight excluding hydrogens is 991 g/mol. The molecule has 1 fully saturated rings. The Morgan fingerprint density at radius 3 is 1.97 bits per heavy atom. The van der Waals surface area contributed by atoms with Crippen molar-refractivity contribution in [1.29, 1.82) is 0 Å². The van der Waals surface area contributed by atoms with Crippen LogP contribution in [0.15, 0.2) is 28.8 Å². The predicted octanol–water partition coefficient (Wildman–Crippen LogP) is 2.61. The molecule has 20 atom stereocenters. The van der Waals surface area contributed by atoms with Crippen molar-refractivity contribution in [3.8, 4) is 0 Å². The number of cyclic esters (lactones) is 1. The molecule has 76 heavy (non-hydrogen) atoms. The van der Waals surface area contributed by atoms with E-state index < -0.39 is 134 Å². The summed E-state index contributed by atoms with van der Waals surface area (Å²) in [7, 11) is 0. The second-order valence-electron chi connectivity index (χ2n) is 22.6. The van der Waals surface area contributed by atoms with Gasteiger partial charge in [-0.3, -0.25) is 14.6 Å². The highest BCUT2D eigenvalue weighted by atomic mass is 16.7. The molecule has 21 heteroatoms. The molecule has 2 aliphatic heterocycles. The summed E-state index contributed by atoms with van der Waals surface area (Å²) in [5.74, 6) is -8.54. The highest BCUT2D eigenvalue weighted by Crippen LogP contribution is 2.36. The number of aliphatic hydroxyl groups is 11. The molecule has 20 unspecified atom stereocenters. The molecule has 0 radical (unpaired) electrons. The number of carboxylic acid groups (broad SMARTS) is 1. The topological polar surface area (TPSA) is 386 Å². The summed E-state index contributed by atoms with van der Waals surface area (Å²) >= 11 is 0. The van der Waals surface area contributed by atoms with Crippen LogP contribution in [0.4, 0.5) is 0 Å². The van der Waals surface area contributed by atoms with E-state index in [2.05, 4.69) is 4.99 Å². The fourth-order valence-corrected chi connectivity index (χ4v) is 10.2. The Kier molecular flexibility index (Phi) is 31.3. The molecule has 16 N–H and O–H groups in total. The van der Waals surface area contributed by atoms with E-state index in [9.17, 15) is 75.7 Å². The maximum atomic E-state index is 13.7. The minimum Gasteiger partial charge on any atom is -0.481 e. The normalized spacial score (nSPS) is 38.7. The third-order valence-corrected chi connectivity index (χ3v) is 15.7. The Hall–Kier alpha value is -3.32. The highest BCUT2D eigenvalue weighted by Gasteiger charge is 2.50. The van der Waals surface area contributed by atoms with Gasteiger partial charge in [-0.2, -0.15) is 0 Å². The van der Waals surface area contributed by atoms with Gasteiger partial charge in [0.1, 0.15) is 24.7 Å². The van der Waals surface area contributed by atoms with Crippen molar-refractivity contribution >= 4 is 23.9 Å². The van der Waals surface area contributed by atoms with Crippen molar-refractivity contribution in [2.45, 2.75) is 256 Å². The predicted molar refractivity (Wildman–Crippen MR) is 284 cm³/mol. The Morgan fingerprint density at radius 1 is 0.724 bits per heavy atom. The number of ether oxygens (including phenoxy) is 3. The number of aliphatic hydroxyl groups excluding tert-OH is 10. The van der Waals surface area contributed by atoms with Crippen LogP contribution < -0.4 is 11.5 Å². The highest BCUT2D eigenvalue weighted by molar-refractivity contribution is 5.90. The second-order valence-corrected chi connectivity index (χ2v) is 22.6. The first kappa shape index (κ1) is 68.8. The lowest BCUT2D eigenvalue weighted by atomic mass is 9.83. The molecule has 0 aliphatic carbocycles.